The maximum Gasteiger partial charge on any atom is 0.262 e. The number of rotatable bonds is 14. The van der Waals surface area contributed by atoms with Gasteiger partial charge in [-0.15, -0.1) is 0 Å². The third-order valence-corrected chi connectivity index (χ3v) is 7.95. The summed E-state index contributed by atoms with van der Waals surface area (Å²) >= 11 is 0. The molecule has 0 radical (unpaired) electrons. The molecule has 0 saturated carbocycles. The Bertz CT molecular complexity index is 1270. The van der Waals surface area contributed by atoms with E-state index in [1.54, 1.807) is 14.2 Å². The molecule has 0 saturated heterocycles. The molecule has 2 aromatic rings. The van der Waals surface area contributed by atoms with E-state index < -0.39 is 0 Å². The zero-order chi connectivity index (χ0) is 32.7. The first-order chi connectivity index (χ1) is 20.8. The van der Waals surface area contributed by atoms with E-state index in [0.29, 0.717) is 13.2 Å². The summed E-state index contributed by atoms with van der Waals surface area (Å²) in [6.45, 7) is 18.4. The van der Waals surface area contributed by atoms with Crippen LogP contribution in [0, 0.1) is 0 Å². The number of hydrogen-bond acceptors (Lipinski definition) is 7. The number of ether oxygens (including phenoxy) is 4. The lowest BCUT2D eigenvalue weighted by atomic mass is 9.82. The van der Waals surface area contributed by atoms with Crippen molar-refractivity contribution < 1.29 is 23.7 Å². The van der Waals surface area contributed by atoms with E-state index in [9.17, 15) is 4.79 Å². The minimum atomic E-state index is -0.314. The summed E-state index contributed by atoms with van der Waals surface area (Å²) < 4.78 is 22.3. The summed E-state index contributed by atoms with van der Waals surface area (Å²) in [5, 5.41) is 0. The number of carbonyl (C=O) groups is 1. The number of methoxy groups -OCH3 is 2. The quantitative estimate of drug-likeness (QED) is 0.167. The number of Topliss-reactive ketones (excluding diaryl/α,β-unsaturated/α-hetero) is 1. The van der Waals surface area contributed by atoms with Gasteiger partial charge in [-0.1, -0.05) is 55.4 Å². The molecule has 1 aliphatic carbocycles. The SMILES string of the molecule is COCCOC1=CC(=C(c2cc(C(C)C)c(N)c(C(C)C)c2)c2cc(C(C)C)c(N)c(C(C)C)c2)C=C(OCCOC)C1=O. The number of nitrogen functional groups attached to an aromatic ring is 2. The van der Waals surface area contributed by atoms with Gasteiger partial charge in [-0.2, -0.15) is 0 Å². The summed E-state index contributed by atoms with van der Waals surface area (Å²) in [6, 6.07) is 8.74. The molecule has 0 unspecified atom stereocenters. The molecule has 0 spiro atoms. The Labute approximate surface area is 264 Å². The highest BCUT2D eigenvalue weighted by Gasteiger charge is 2.27. The van der Waals surface area contributed by atoms with E-state index in [2.05, 4.69) is 79.7 Å². The number of allylic oxidation sites excluding steroid dienone is 3. The zero-order valence-electron chi connectivity index (χ0n) is 28.3. The highest BCUT2D eigenvalue weighted by Crippen LogP contribution is 2.41. The lowest BCUT2D eigenvalue weighted by Gasteiger charge is -2.25. The lowest BCUT2D eigenvalue weighted by Crippen LogP contribution is -2.19. The van der Waals surface area contributed by atoms with Crippen molar-refractivity contribution >= 4 is 22.7 Å². The van der Waals surface area contributed by atoms with Gasteiger partial charge < -0.3 is 30.4 Å². The number of benzene rings is 2. The van der Waals surface area contributed by atoms with Crippen LogP contribution in [0.15, 0.2) is 53.5 Å². The number of ketones is 1. The second kappa shape index (κ2) is 15.4. The topological polar surface area (TPSA) is 106 Å². The Balaban J connectivity index is 2.51. The predicted octanol–water partition coefficient (Wildman–Crippen LogP) is 7.82. The fourth-order valence-corrected chi connectivity index (χ4v) is 5.50. The van der Waals surface area contributed by atoms with Crippen LogP contribution in [0.1, 0.15) is 112 Å². The maximum atomic E-state index is 13.5. The summed E-state index contributed by atoms with van der Waals surface area (Å²) in [5.74, 6) is 0.939. The average Bonchev–Trinajstić information content (AvgIpc) is 2.96. The fourth-order valence-electron chi connectivity index (χ4n) is 5.50. The van der Waals surface area contributed by atoms with Gasteiger partial charge in [0, 0.05) is 25.6 Å². The standard InChI is InChI=1S/C37H52N2O5/c1-21(2)28-15-25(16-29(22(3)4)35(28)38)34(26-17-30(23(5)6)36(39)31(18-26)24(7)8)27-19-32(43-13-11-41-9)37(40)33(20-27)44-14-12-42-10/h15-24H,11-14,38-39H2,1-10H3. The van der Waals surface area contributed by atoms with Gasteiger partial charge in [0.15, 0.2) is 11.5 Å². The van der Waals surface area contributed by atoms with Crippen molar-refractivity contribution in [2.75, 3.05) is 52.1 Å². The molecule has 0 atom stereocenters. The van der Waals surface area contributed by atoms with Crippen molar-refractivity contribution in [2.45, 2.75) is 79.1 Å². The molecule has 240 valence electrons. The van der Waals surface area contributed by atoms with Gasteiger partial charge >= 0.3 is 0 Å². The molecule has 0 bridgehead atoms. The van der Waals surface area contributed by atoms with Crippen LogP contribution < -0.4 is 11.5 Å². The molecule has 7 heteroatoms. The molecular formula is C37H52N2O5. The normalized spacial score (nSPS) is 13.7. The predicted molar refractivity (Wildman–Crippen MR) is 181 cm³/mol. The summed E-state index contributed by atoms with van der Waals surface area (Å²) in [4.78, 5) is 13.5. The number of anilines is 2. The van der Waals surface area contributed by atoms with Crippen molar-refractivity contribution in [3.63, 3.8) is 0 Å². The first-order valence-electron chi connectivity index (χ1n) is 15.6. The Morgan fingerprint density at radius 3 is 1.18 bits per heavy atom. The largest absolute Gasteiger partial charge is 0.487 e. The van der Waals surface area contributed by atoms with Crippen LogP contribution in [0.25, 0.3) is 5.57 Å². The van der Waals surface area contributed by atoms with Gasteiger partial charge in [0.2, 0.25) is 0 Å². The number of nitrogens with two attached hydrogens (primary N) is 2. The van der Waals surface area contributed by atoms with Gasteiger partial charge in [-0.25, -0.2) is 0 Å². The highest BCUT2D eigenvalue weighted by molar-refractivity contribution is 6.08. The smallest absolute Gasteiger partial charge is 0.262 e. The first-order valence-corrected chi connectivity index (χ1v) is 15.6. The van der Waals surface area contributed by atoms with Gasteiger partial charge in [-0.3, -0.25) is 4.79 Å². The molecule has 0 amide bonds. The number of hydrogen-bond donors (Lipinski definition) is 2. The zero-order valence-corrected chi connectivity index (χ0v) is 28.3. The van der Waals surface area contributed by atoms with Crippen molar-refractivity contribution in [1.29, 1.82) is 0 Å². The van der Waals surface area contributed by atoms with E-state index in [0.717, 1.165) is 55.9 Å². The van der Waals surface area contributed by atoms with Gasteiger partial charge in [0.25, 0.3) is 5.78 Å². The molecular weight excluding hydrogens is 552 g/mol. The van der Waals surface area contributed by atoms with E-state index in [1.165, 1.54) is 0 Å². The third kappa shape index (κ3) is 7.93. The Hall–Kier alpha value is -3.55. The van der Waals surface area contributed by atoms with E-state index in [1.807, 2.05) is 12.2 Å². The molecule has 7 nitrogen and oxygen atoms in total. The summed E-state index contributed by atoms with van der Waals surface area (Å²) in [6.07, 6.45) is 3.63. The molecule has 1 aliphatic rings. The maximum absolute atomic E-state index is 13.5. The van der Waals surface area contributed by atoms with Crippen molar-refractivity contribution in [2.24, 2.45) is 0 Å². The monoisotopic (exact) mass is 604 g/mol. The fraction of sp³-hybridized carbons (Fsp3) is 0.486. The van der Waals surface area contributed by atoms with Gasteiger partial charge in [-0.05, 0) is 105 Å². The molecule has 44 heavy (non-hydrogen) atoms. The van der Waals surface area contributed by atoms with Crippen LogP contribution in [-0.4, -0.2) is 46.4 Å². The molecule has 2 aromatic carbocycles. The Kier molecular flexibility index (Phi) is 12.3. The van der Waals surface area contributed by atoms with E-state index >= 15 is 0 Å². The Morgan fingerprint density at radius 2 is 0.909 bits per heavy atom. The molecule has 0 aliphatic heterocycles. The van der Waals surface area contributed by atoms with Crippen molar-refractivity contribution in [3.05, 3.63) is 86.9 Å². The molecule has 0 heterocycles. The first kappa shape index (κ1) is 34.9. The van der Waals surface area contributed by atoms with Crippen LogP contribution >= 0.6 is 0 Å². The van der Waals surface area contributed by atoms with Crippen molar-refractivity contribution in [1.82, 2.24) is 0 Å². The Morgan fingerprint density at radius 1 is 0.591 bits per heavy atom. The minimum Gasteiger partial charge on any atom is -0.487 e. The van der Waals surface area contributed by atoms with Crippen LogP contribution in [0.4, 0.5) is 11.4 Å². The second-order valence-corrected chi connectivity index (χ2v) is 12.6. The van der Waals surface area contributed by atoms with Crippen LogP contribution in [-0.2, 0) is 23.7 Å². The minimum absolute atomic E-state index is 0.205. The molecule has 4 N–H and O–H groups in total. The van der Waals surface area contributed by atoms with Crippen LogP contribution in [0.3, 0.4) is 0 Å². The number of carbonyl (C=O) groups excluding carboxylic acids is 1. The summed E-state index contributed by atoms with van der Waals surface area (Å²) in [5.41, 5.74) is 23.2. The lowest BCUT2D eigenvalue weighted by molar-refractivity contribution is -0.119. The van der Waals surface area contributed by atoms with Crippen molar-refractivity contribution in [3.8, 4) is 0 Å². The average molecular weight is 605 g/mol. The molecule has 0 aromatic heterocycles. The highest BCUT2D eigenvalue weighted by atomic mass is 16.5. The second-order valence-electron chi connectivity index (χ2n) is 12.6. The van der Waals surface area contributed by atoms with Gasteiger partial charge in [0.05, 0.1) is 13.2 Å². The molecule has 3 rings (SSSR count). The summed E-state index contributed by atoms with van der Waals surface area (Å²) in [7, 11) is 3.20. The molecule has 0 fully saturated rings. The van der Waals surface area contributed by atoms with Crippen LogP contribution in [0.2, 0.25) is 0 Å². The van der Waals surface area contributed by atoms with E-state index in [-0.39, 0.29) is 54.2 Å². The van der Waals surface area contributed by atoms with Gasteiger partial charge in [0.1, 0.15) is 13.2 Å². The third-order valence-electron chi connectivity index (χ3n) is 7.95. The van der Waals surface area contributed by atoms with E-state index in [4.69, 9.17) is 30.4 Å². The van der Waals surface area contributed by atoms with Crippen LogP contribution in [0.5, 0.6) is 0 Å².